The highest BCUT2D eigenvalue weighted by Crippen LogP contribution is 2.33. The first kappa shape index (κ1) is 28.9. The molecule has 41 heavy (non-hydrogen) atoms. The van der Waals surface area contributed by atoms with Crippen LogP contribution in [-0.4, -0.2) is 52.6 Å². The molecule has 4 aromatic rings. The molecule has 0 spiro atoms. The molecule has 1 saturated heterocycles. The van der Waals surface area contributed by atoms with Crippen LogP contribution < -0.4 is 15.7 Å². The van der Waals surface area contributed by atoms with Crippen LogP contribution in [0.1, 0.15) is 36.2 Å². The number of piperidine rings is 1. The van der Waals surface area contributed by atoms with Gasteiger partial charge in [-0.3, -0.25) is 18.7 Å². The van der Waals surface area contributed by atoms with Crippen molar-refractivity contribution in [3.63, 3.8) is 0 Å². The van der Waals surface area contributed by atoms with E-state index in [4.69, 9.17) is 27.9 Å². The number of carbonyl (C=O) groups is 2. The van der Waals surface area contributed by atoms with Crippen molar-refractivity contribution in [2.45, 2.75) is 25.8 Å². The molecule has 1 N–H and O–H groups in total. The third-order valence-corrected chi connectivity index (χ3v) is 8.00. The second-order valence-electron chi connectivity index (χ2n) is 10.2. The Morgan fingerprint density at radius 1 is 1.02 bits per heavy atom. The zero-order valence-electron chi connectivity index (χ0n) is 22.6. The fourth-order valence-electron chi connectivity index (χ4n) is 5.13. The van der Waals surface area contributed by atoms with Gasteiger partial charge in [-0.25, -0.2) is 9.18 Å². The van der Waals surface area contributed by atoms with E-state index < -0.39 is 23.6 Å². The number of aromatic nitrogens is 2. The minimum absolute atomic E-state index is 0.00205. The van der Waals surface area contributed by atoms with Crippen LogP contribution in [0.2, 0.25) is 10.0 Å². The van der Waals surface area contributed by atoms with E-state index in [2.05, 4.69) is 17.3 Å². The summed E-state index contributed by atoms with van der Waals surface area (Å²) in [6.07, 6.45) is 1.64. The van der Waals surface area contributed by atoms with Crippen LogP contribution in [0.15, 0.2) is 65.5 Å². The number of benzene rings is 3. The molecule has 0 unspecified atom stereocenters. The minimum Gasteiger partial charge on any atom is -0.424 e. The van der Waals surface area contributed by atoms with Crippen LogP contribution in [0.4, 0.5) is 4.39 Å². The Kier molecular flexibility index (Phi) is 8.49. The molecular formula is C30H29Cl2FN4O4. The lowest BCUT2D eigenvalue weighted by atomic mass is 10.1. The summed E-state index contributed by atoms with van der Waals surface area (Å²) in [4.78, 5) is 41.8. The van der Waals surface area contributed by atoms with Gasteiger partial charge in [0.1, 0.15) is 5.82 Å². The Labute approximate surface area is 246 Å². The molecule has 3 aromatic carbocycles. The number of fused-ring (bicyclic) bond motifs is 1. The predicted molar refractivity (Wildman–Crippen MR) is 157 cm³/mol. The Bertz CT molecular complexity index is 1660. The van der Waals surface area contributed by atoms with Gasteiger partial charge in [0.25, 0.3) is 5.91 Å². The number of halogens is 3. The van der Waals surface area contributed by atoms with Crippen LogP contribution >= 0.6 is 23.2 Å². The summed E-state index contributed by atoms with van der Waals surface area (Å²) >= 11 is 12.6. The predicted octanol–water partition coefficient (Wildman–Crippen LogP) is 5.48. The molecule has 5 rings (SSSR count). The van der Waals surface area contributed by atoms with Gasteiger partial charge in [0.05, 0.1) is 38.2 Å². The number of hydrogen-bond acceptors (Lipinski definition) is 5. The maximum Gasteiger partial charge on any atom is 0.334 e. The van der Waals surface area contributed by atoms with E-state index in [9.17, 15) is 18.8 Å². The number of rotatable bonds is 7. The van der Waals surface area contributed by atoms with E-state index in [1.807, 2.05) is 12.1 Å². The minimum atomic E-state index is -0.793. The molecule has 11 heteroatoms. The van der Waals surface area contributed by atoms with Gasteiger partial charge in [-0.05, 0) is 69.4 Å². The summed E-state index contributed by atoms with van der Waals surface area (Å²) in [5.74, 6) is -2.77. The fourth-order valence-corrected chi connectivity index (χ4v) is 5.63. The summed E-state index contributed by atoms with van der Waals surface area (Å²) in [5.41, 5.74) is 1.04. The SMILES string of the molecule is C[C@@H](CNC(=O)c1c(F)cccc1Cl)C(=O)Oc1ccccc1-n1c(=O)n(C2CCN(C)CC2)c2cccc(Cl)c21. The highest BCUT2D eigenvalue weighted by molar-refractivity contribution is 6.35. The number of amides is 1. The molecule has 1 aliphatic rings. The second-order valence-corrected chi connectivity index (χ2v) is 11.0. The summed E-state index contributed by atoms with van der Waals surface area (Å²) < 4.78 is 23.1. The third-order valence-electron chi connectivity index (χ3n) is 7.38. The van der Waals surface area contributed by atoms with Gasteiger partial charge < -0.3 is 15.0 Å². The number of imidazole rings is 1. The lowest BCUT2D eigenvalue weighted by Gasteiger charge is -2.29. The number of carbonyl (C=O) groups excluding carboxylic acids is 2. The summed E-state index contributed by atoms with van der Waals surface area (Å²) in [6.45, 7) is 3.20. The summed E-state index contributed by atoms with van der Waals surface area (Å²) in [7, 11) is 2.06. The van der Waals surface area contributed by atoms with Crippen molar-refractivity contribution >= 4 is 46.1 Å². The third kappa shape index (κ3) is 5.75. The standard InChI is InChI=1S/C30H29Cl2FN4O4/c1-18(17-34-28(38)26-20(31)7-5-9-22(26)33)29(39)41-25-12-4-3-10-23(25)37-27-21(32)8-6-11-24(27)36(30(37)40)19-13-15-35(2)16-14-19/h3-12,18-19H,13-17H2,1-2H3,(H,34,38)/t18-/m0/s1. The monoisotopic (exact) mass is 598 g/mol. The van der Waals surface area contributed by atoms with Gasteiger partial charge in [0.15, 0.2) is 5.75 Å². The molecule has 0 aliphatic carbocycles. The second kappa shape index (κ2) is 12.1. The van der Waals surface area contributed by atoms with E-state index in [0.29, 0.717) is 21.7 Å². The molecule has 1 amide bonds. The maximum absolute atomic E-state index is 14.1. The van der Waals surface area contributed by atoms with Crippen molar-refractivity contribution in [1.82, 2.24) is 19.4 Å². The molecule has 214 valence electrons. The van der Waals surface area contributed by atoms with Crippen molar-refractivity contribution in [3.05, 3.63) is 92.6 Å². The van der Waals surface area contributed by atoms with Crippen molar-refractivity contribution in [2.24, 2.45) is 5.92 Å². The van der Waals surface area contributed by atoms with Crippen LogP contribution in [-0.2, 0) is 4.79 Å². The number of ether oxygens (including phenoxy) is 1. The average molecular weight is 599 g/mol. The first-order valence-corrected chi connectivity index (χ1v) is 14.1. The normalized spacial score (nSPS) is 15.1. The summed E-state index contributed by atoms with van der Waals surface area (Å²) in [6, 6.07) is 16.1. The number of para-hydroxylation sites is 3. The van der Waals surface area contributed by atoms with Crippen LogP contribution in [0.5, 0.6) is 5.75 Å². The Morgan fingerprint density at radius 3 is 2.44 bits per heavy atom. The average Bonchev–Trinajstić information content (AvgIpc) is 3.25. The molecule has 1 atom stereocenters. The zero-order chi connectivity index (χ0) is 29.3. The van der Waals surface area contributed by atoms with Crippen molar-refractivity contribution in [1.29, 1.82) is 0 Å². The number of esters is 1. The molecule has 1 aliphatic heterocycles. The summed E-state index contributed by atoms with van der Waals surface area (Å²) in [5, 5.41) is 2.90. The van der Waals surface area contributed by atoms with Crippen molar-refractivity contribution in [3.8, 4) is 11.4 Å². The molecule has 2 heterocycles. The van der Waals surface area contributed by atoms with E-state index in [-0.39, 0.29) is 34.6 Å². The number of nitrogens with one attached hydrogen (secondary N) is 1. The van der Waals surface area contributed by atoms with Crippen LogP contribution in [0.3, 0.4) is 0 Å². The fraction of sp³-hybridized carbons (Fsp3) is 0.300. The number of nitrogens with zero attached hydrogens (tertiary/aromatic N) is 3. The van der Waals surface area contributed by atoms with E-state index >= 15 is 0 Å². The Balaban J connectivity index is 1.42. The highest BCUT2D eigenvalue weighted by Gasteiger charge is 2.27. The molecule has 1 aromatic heterocycles. The van der Waals surface area contributed by atoms with Crippen LogP contribution in [0.25, 0.3) is 16.7 Å². The molecule has 0 saturated carbocycles. The zero-order valence-corrected chi connectivity index (χ0v) is 24.1. The van der Waals surface area contributed by atoms with E-state index in [0.717, 1.165) is 32.0 Å². The maximum atomic E-state index is 14.1. The Hall–Kier alpha value is -3.66. The molecule has 1 fully saturated rings. The van der Waals surface area contributed by atoms with Gasteiger partial charge in [0, 0.05) is 12.6 Å². The quantitative estimate of drug-likeness (QED) is 0.225. The number of hydrogen-bond donors (Lipinski definition) is 1. The van der Waals surface area contributed by atoms with Gasteiger partial charge >= 0.3 is 11.7 Å². The van der Waals surface area contributed by atoms with Gasteiger partial charge in [0.2, 0.25) is 0 Å². The molecule has 8 nitrogen and oxygen atoms in total. The van der Waals surface area contributed by atoms with Crippen molar-refractivity contribution in [2.75, 3.05) is 26.7 Å². The number of likely N-dealkylation sites (tertiary alicyclic amines) is 1. The first-order chi connectivity index (χ1) is 19.7. The lowest BCUT2D eigenvalue weighted by Crippen LogP contribution is -2.36. The van der Waals surface area contributed by atoms with Crippen LogP contribution in [0, 0.1) is 11.7 Å². The lowest BCUT2D eigenvalue weighted by molar-refractivity contribution is -0.138. The smallest absolute Gasteiger partial charge is 0.334 e. The van der Waals surface area contributed by atoms with E-state index in [1.54, 1.807) is 41.8 Å². The Morgan fingerprint density at radius 2 is 1.71 bits per heavy atom. The largest absolute Gasteiger partial charge is 0.424 e. The molecule has 0 bridgehead atoms. The van der Waals surface area contributed by atoms with E-state index in [1.165, 1.54) is 16.7 Å². The molecular weight excluding hydrogens is 570 g/mol. The van der Waals surface area contributed by atoms with Crippen molar-refractivity contribution < 1.29 is 18.7 Å². The highest BCUT2D eigenvalue weighted by atomic mass is 35.5. The topological polar surface area (TPSA) is 85.6 Å². The first-order valence-electron chi connectivity index (χ1n) is 13.3. The van der Waals surface area contributed by atoms with Gasteiger partial charge in [-0.2, -0.15) is 0 Å². The van der Waals surface area contributed by atoms with Gasteiger partial charge in [-0.1, -0.05) is 54.4 Å². The molecule has 0 radical (unpaired) electrons. The van der Waals surface area contributed by atoms with Gasteiger partial charge in [-0.15, -0.1) is 0 Å².